The molecule has 7 nitrogen and oxygen atoms in total. The zero-order chi connectivity index (χ0) is 16.1. The van der Waals surface area contributed by atoms with Crippen LogP contribution in [0.2, 0.25) is 0 Å². The van der Waals surface area contributed by atoms with E-state index in [4.69, 9.17) is 4.74 Å². The zero-order valence-corrected chi connectivity index (χ0v) is 13.0. The average molecular weight is 324 g/mol. The second kappa shape index (κ2) is 7.17. The summed E-state index contributed by atoms with van der Waals surface area (Å²) in [4.78, 5) is 37.1. The smallest absolute Gasteiger partial charge is 0.339 e. The second-order valence-corrected chi connectivity index (χ2v) is 5.48. The lowest BCUT2D eigenvalue weighted by Crippen LogP contribution is -2.44. The fourth-order valence-electron chi connectivity index (χ4n) is 2.04. The van der Waals surface area contributed by atoms with Gasteiger partial charge in [-0.2, -0.15) is 0 Å². The van der Waals surface area contributed by atoms with Gasteiger partial charge in [0.25, 0.3) is 0 Å². The summed E-state index contributed by atoms with van der Waals surface area (Å²) in [6.07, 6.45) is 0. The van der Waals surface area contributed by atoms with E-state index in [0.29, 0.717) is 17.3 Å². The van der Waals surface area contributed by atoms with Crippen LogP contribution in [-0.4, -0.2) is 54.8 Å². The van der Waals surface area contributed by atoms with E-state index in [1.54, 1.807) is 24.3 Å². The number of urea groups is 1. The number of hydrogen-bond acceptors (Lipinski definition) is 6. The maximum atomic E-state index is 12.4. The summed E-state index contributed by atoms with van der Waals surface area (Å²) in [6.45, 7) is 0. The molecule has 2 rings (SSSR count). The van der Waals surface area contributed by atoms with Crippen molar-refractivity contribution < 1.29 is 23.9 Å². The highest BCUT2D eigenvalue weighted by Crippen LogP contribution is 2.24. The minimum absolute atomic E-state index is 0.250. The molecule has 1 fully saturated rings. The Morgan fingerprint density at radius 2 is 1.95 bits per heavy atom. The van der Waals surface area contributed by atoms with Gasteiger partial charge >= 0.3 is 18.0 Å². The van der Waals surface area contributed by atoms with E-state index < -0.39 is 24.0 Å². The average Bonchev–Trinajstić information content (AvgIpc) is 3.03. The molecule has 1 aromatic carbocycles. The Balaban J connectivity index is 2.15. The van der Waals surface area contributed by atoms with E-state index in [2.05, 4.69) is 10.1 Å². The number of benzene rings is 1. The first-order valence-electron chi connectivity index (χ1n) is 6.49. The lowest BCUT2D eigenvalue weighted by molar-refractivity contribution is -0.144. The molecule has 0 saturated carbocycles. The number of nitrogens with zero attached hydrogens (tertiary/aromatic N) is 1. The molecule has 1 aromatic rings. The number of amides is 2. The maximum absolute atomic E-state index is 12.4. The van der Waals surface area contributed by atoms with Gasteiger partial charge in [0.1, 0.15) is 6.04 Å². The van der Waals surface area contributed by atoms with Crippen LogP contribution in [0.25, 0.3) is 0 Å². The standard InChI is InChI=1S/C14H16N2O5S/c1-20-12(17)9-5-3-4-6-10(9)15-14(19)16-8-22-7-11(16)13(18)21-2/h3-6,11H,7-8H2,1-2H3,(H,15,19)/t11-/m1/s1. The first-order valence-corrected chi connectivity index (χ1v) is 7.64. The third kappa shape index (κ3) is 3.33. The van der Waals surface area contributed by atoms with Crippen LogP contribution >= 0.6 is 11.8 Å². The zero-order valence-electron chi connectivity index (χ0n) is 12.2. The Hall–Kier alpha value is -2.22. The van der Waals surface area contributed by atoms with Crippen molar-refractivity contribution in [2.45, 2.75) is 6.04 Å². The Kier molecular flexibility index (Phi) is 5.26. The number of thioether (sulfide) groups is 1. The van der Waals surface area contributed by atoms with Crippen LogP contribution in [0.1, 0.15) is 10.4 Å². The van der Waals surface area contributed by atoms with E-state index in [-0.39, 0.29) is 5.56 Å². The molecule has 0 aliphatic carbocycles. The van der Waals surface area contributed by atoms with E-state index in [1.165, 1.54) is 30.9 Å². The van der Waals surface area contributed by atoms with Gasteiger partial charge in [-0.15, -0.1) is 11.8 Å². The highest BCUT2D eigenvalue weighted by Gasteiger charge is 2.35. The second-order valence-electron chi connectivity index (χ2n) is 4.48. The molecule has 1 saturated heterocycles. The summed E-state index contributed by atoms with van der Waals surface area (Å²) in [5, 5.41) is 2.64. The van der Waals surface area contributed by atoms with E-state index in [9.17, 15) is 14.4 Å². The van der Waals surface area contributed by atoms with Crippen LogP contribution in [0, 0.1) is 0 Å². The van der Waals surface area contributed by atoms with Gasteiger partial charge in [-0.05, 0) is 12.1 Å². The number of rotatable bonds is 3. The van der Waals surface area contributed by atoms with Crippen LogP contribution in [-0.2, 0) is 14.3 Å². The minimum atomic E-state index is -0.625. The normalized spacial score (nSPS) is 17.0. The molecule has 8 heteroatoms. The molecule has 1 N–H and O–H groups in total. The van der Waals surface area contributed by atoms with Gasteiger partial charge in [-0.3, -0.25) is 0 Å². The largest absolute Gasteiger partial charge is 0.467 e. The van der Waals surface area contributed by atoms with E-state index in [1.807, 2.05) is 0 Å². The van der Waals surface area contributed by atoms with Crippen molar-refractivity contribution in [1.82, 2.24) is 4.90 Å². The van der Waals surface area contributed by atoms with E-state index >= 15 is 0 Å². The fraction of sp³-hybridized carbons (Fsp3) is 0.357. The van der Waals surface area contributed by atoms with Crippen molar-refractivity contribution in [3.8, 4) is 0 Å². The first-order chi connectivity index (χ1) is 10.6. The number of carbonyl (C=O) groups is 3. The molecule has 0 radical (unpaired) electrons. The summed E-state index contributed by atoms with van der Waals surface area (Å²) in [6, 6.07) is 5.43. The van der Waals surface area contributed by atoms with Gasteiger partial charge in [0.05, 0.1) is 31.3 Å². The highest BCUT2D eigenvalue weighted by atomic mass is 32.2. The Bertz CT molecular complexity index is 592. The number of anilines is 1. The molecule has 118 valence electrons. The van der Waals surface area contributed by atoms with Gasteiger partial charge in [-0.25, -0.2) is 14.4 Å². The first kappa shape index (κ1) is 16.2. The summed E-state index contributed by atoms with van der Waals surface area (Å²) in [5.74, 6) is -0.136. The number of carbonyl (C=O) groups excluding carboxylic acids is 3. The van der Waals surface area contributed by atoms with Gasteiger partial charge in [0.15, 0.2) is 0 Å². The van der Waals surface area contributed by atoms with Gasteiger partial charge in [0.2, 0.25) is 0 Å². The third-order valence-electron chi connectivity index (χ3n) is 3.19. The molecular formula is C14H16N2O5S. The van der Waals surface area contributed by atoms with Crippen molar-refractivity contribution in [3.63, 3.8) is 0 Å². The van der Waals surface area contributed by atoms with Crippen molar-refractivity contribution in [2.24, 2.45) is 0 Å². The number of methoxy groups -OCH3 is 2. The van der Waals surface area contributed by atoms with Gasteiger partial charge in [-0.1, -0.05) is 12.1 Å². The molecule has 0 bridgehead atoms. The maximum Gasteiger partial charge on any atom is 0.339 e. The van der Waals surface area contributed by atoms with Crippen molar-refractivity contribution in [1.29, 1.82) is 0 Å². The molecular weight excluding hydrogens is 308 g/mol. The number of nitrogens with one attached hydrogen (secondary N) is 1. The summed E-state index contributed by atoms with van der Waals surface area (Å²) in [5.41, 5.74) is 0.583. The molecule has 0 unspecified atom stereocenters. The Morgan fingerprint density at radius 1 is 1.23 bits per heavy atom. The van der Waals surface area contributed by atoms with Crippen LogP contribution in [0.4, 0.5) is 10.5 Å². The number of esters is 2. The molecule has 1 aliphatic rings. The lowest BCUT2D eigenvalue weighted by atomic mass is 10.2. The number of hydrogen-bond donors (Lipinski definition) is 1. The van der Waals surface area contributed by atoms with Crippen molar-refractivity contribution in [3.05, 3.63) is 29.8 Å². The van der Waals surface area contributed by atoms with Crippen LogP contribution in [0.5, 0.6) is 0 Å². The monoisotopic (exact) mass is 324 g/mol. The Morgan fingerprint density at radius 3 is 2.64 bits per heavy atom. The number of para-hydroxylation sites is 1. The predicted molar refractivity (Wildman–Crippen MR) is 81.8 cm³/mol. The molecule has 1 atom stereocenters. The minimum Gasteiger partial charge on any atom is -0.467 e. The molecule has 1 heterocycles. The Labute approximate surface area is 131 Å². The summed E-state index contributed by atoms with van der Waals surface area (Å²) >= 11 is 1.46. The third-order valence-corrected chi connectivity index (χ3v) is 4.20. The predicted octanol–water partition coefficient (Wildman–Crippen LogP) is 1.55. The molecule has 22 heavy (non-hydrogen) atoms. The SMILES string of the molecule is COC(=O)c1ccccc1NC(=O)N1CSC[C@@H]1C(=O)OC. The molecule has 0 aromatic heterocycles. The van der Waals surface area contributed by atoms with Gasteiger partial charge < -0.3 is 19.7 Å². The van der Waals surface area contributed by atoms with Crippen LogP contribution in [0.15, 0.2) is 24.3 Å². The topological polar surface area (TPSA) is 84.9 Å². The quantitative estimate of drug-likeness (QED) is 0.849. The van der Waals surface area contributed by atoms with Crippen LogP contribution in [0.3, 0.4) is 0 Å². The molecule has 0 spiro atoms. The van der Waals surface area contributed by atoms with Crippen molar-refractivity contribution >= 4 is 35.4 Å². The fourth-order valence-corrected chi connectivity index (χ4v) is 3.18. The summed E-state index contributed by atoms with van der Waals surface area (Å²) < 4.78 is 9.37. The highest BCUT2D eigenvalue weighted by molar-refractivity contribution is 7.99. The summed E-state index contributed by atoms with van der Waals surface area (Å²) in [7, 11) is 2.55. The van der Waals surface area contributed by atoms with Crippen LogP contribution < -0.4 is 5.32 Å². The molecule has 2 amide bonds. The molecule has 1 aliphatic heterocycles. The van der Waals surface area contributed by atoms with Gasteiger partial charge in [0, 0.05) is 5.75 Å². The van der Waals surface area contributed by atoms with E-state index in [0.717, 1.165) is 0 Å². The number of ether oxygens (including phenoxy) is 2. The lowest BCUT2D eigenvalue weighted by Gasteiger charge is -2.22. The van der Waals surface area contributed by atoms with Crippen molar-refractivity contribution in [2.75, 3.05) is 31.2 Å².